The number of nitrogens with one attached hydrogen (secondary N) is 2. The molecule has 1 aliphatic heterocycles. The molecule has 3 rings (SSSR count). The van der Waals surface area contributed by atoms with Crippen molar-refractivity contribution in [2.45, 2.75) is 18.3 Å². The summed E-state index contributed by atoms with van der Waals surface area (Å²) < 4.78 is 55.1. The van der Waals surface area contributed by atoms with Crippen LogP contribution in [-0.2, 0) is 11.2 Å². The first-order valence-corrected chi connectivity index (χ1v) is 8.47. The number of nitrogens with zero attached hydrogens (tertiary/aromatic N) is 1. The second-order valence-electron chi connectivity index (χ2n) is 6.30. The molecule has 1 atom stereocenters. The summed E-state index contributed by atoms with van der Waals surface area (Å²) in [7, 11) is 0. The van der Waals surface area contributed by atoms with Gasteiger partial charge in [0.15, 0.2) is 0 Å². The average Bonchev–Trinajstić information content (AvgIpc) is 2.91. The lowest BCUT2D eigenvalue weighted by Crippen LogP contribution is -2.69. The van der Waals surface area contributed by atoms with Crippen LogP contribution in [-0.4, -0.2) is 41.1 Å². The minimum atomic E-state index is -5.36. The standard InChI is InChI=1S/C19H15F4N3O3/c20-14-9-5-4-8-13(14)15(27)24-18(19(21,22)23)16(28)26(17(29)25-18)11-10-12-6-2-1-3-7-12/h1-9H,10-11H2,(H,24,27)(H,25,29)/t18-/m0/s1. The van der Waals surface area contributed by atoms with Gasteiger partial charge in [0.05, 0.1) is 5.56 Å². The smallest absolute Gasteiger partial charge is 0.314 e. The number of amides is 4. The molecule has 0 aliphatic carbocycles. The van der Waals surface area contributed by atoms with E-state index in [-0.39, 0.29) is 13.0 Å². The second-order valence-corrected chi connectivity index (χ2v) is 6.30. The molecule has 2 N–H and O–H groups in total. The molecular weight excluding hydrogens is 394 g/mol. The van der Waals surface area contributed by atoms with Crippen LogP contribution in [0.25, 0.3) is 0 Å². The van der Waals surface area contributed by atoms with Gasteiger partial charge in [0, 0.05) is 6.54 Å². The van der Waals surface area contributed by atoms with Crippen molar-refractivity contribution in [3.05, 3.63) is 71.5 Å². The number of carbonyl (C=O) groups excluding carboxylic acids is 3. The second kappa shape index (κ2) is 7.53. The lowest BCUT2D eigenvalue weighted by molar-refractivity contribution is -0.200. The van der Waals surface area contributed by atoms with Gasteiger partial charge >= 0.3 is 12.2 Å². The maximum atomic E-state index is 13.8. The molecule has 1 saturated heterocycles. The highest BCUT2D eigenvalue weighted by atomic mass is 19.4. The van der Waals surface area contributed by atoms with Crippen LogP contribution in [0.2, 0.25) is 0 Å². The summed E-state index contributed by atoms with van der Waals surface area (Å²) >= 11 is 0. The van der Waals surface area contributed by atoms with Gasteiger partial charge in [0.2, 0.25) is 0 Å². The fourth-order valence-electron chi connectivity index (χ4n) is 2.90. The number of hydrogen-bond acceptors (Lipinski definition) is 3. The van der Waals surface area contributed by atoms with Gasteiger partial charge in [-0.15, -0.1) is 0 Å². The first kappa shape index (κ1) is 20.3. The molecule has 0 saturated carbocycles. The van der Waals surface area contributed by atoms with Crippen molar-refractivity contribution < 1.29 is 31.9 Å². The Morgan fingerprint density at radius 1 is 1.03 bits per heavy atom. The molecule has 0 unspecified atom stereocenters. The Balaban J connectivity index is 1.86. The van der Waals surface area contributed by atoms with Crippen LogP contribution in [0.3, 0.4) is 0 Å². The highest BCUT2D eigenvalue weighted by Crippen LogP contribution is 2.34. The average molecular weight is 409 g/mol. The normalized spacial score (nSPS) is 19.2. The molecule has 1 aliphatic rings. The zero-order valence-electron chi connectivity index (χ0n) is 14.8. The Morgan fingerprint density at radius 3 is 2.28 bits per heavy atom. The lowest BCUT2D eigenvalue weighted by atomic mass is 10.1. The van der Waals surface area contributed by atoms with Gasteiger partial charge in [-0.1, -0.05) is 42.5 Å². The first-order valence-electron chi connectivity index (χ1n) is 8.47. The highest BCUT2D eigenvalue weighted by molar-refractivity contribution is 6.10. The van der Waals surface area contributed by atoms with Gasteiger partial charge < -0.3 is 5.32 Å². The molecule has 0 spiro atoms. The molecular formula is C19H15F4N3O3. The number of carbonyl (C=O) groups is 3. The molecule has 152 valence electrons. The summed E-state index contributed by atoms with van der Waals surface area (Å²) in [6.07, 6.45) is -5.24. The van der Waals surface area contributed by atoms with Gasteiger partial charge in [-0.25, -0.2) is 9.18 Å². The van der Waals surface area contributed by atoms with Crippen LogP contribution in [0, 0.1) is 5.82 Å². The van der Waals surface area contributed by atoms with Crippen LogP contribution in [0.15, 0.2) is 54.6 Å². The van der Waals surface area contributed by atoms with Crippen LogP contribution in [0.1, 0.15) is 15.9 Å². The zero-order valence-corrected chi connectivity index (χ0v) is 14.8. The molecule has 1 heterocycles. The lowest BCUT2D eigenvalue weighted by Gasteiger charge is -2.29. The number of halogens is 4. The summed E-state index contributed by atoms with van der Waals surface area (Å²) in [6, 6.07) is 11.6. The van der Waals surface area contributed by atoms with Crippen molar-refractivity contribution in [1.29, 1.82) is 0 Å². The fourth-order valence-corrected chi connectivity index (χ4v) is 2.90. The Hall–Kier alpha value is -3.43. The minimum absolute atomic E-state index is 0.120. The van der Waals surface area contributed by atoms with Crippen molar-refractivity contribution in [3.63, 3.8) is 0 Å². The summed E-state index contributed by atoms with van der Waals surface area (Å²) in [4.78, 5) is 37.3. The van der Waals surface area contributed by atoms with Crippen molar-refractivity contribution in [1.82, 2.24) is 15.5 Å². The Labute approximate surface area is 162 Å². The van der Waals surface area contributed by atoms with Gasteiger partial charge in [0.25, 0.3) is 17.5 Å². The van der Waals surface area contributed by atoms with E-state index in [0.29, 0.717) is 10.5 Å². The minimum Gasteiger partial charge on any atom is -0.314 e. The van der Waals surface area contributed by atoms with E-state index >= 15 is 0 Å². The summed E-state index contributed by atoms with van der Waals surface area (Å²) in [5, 5.41) is 2.99. The SMILES string of the molecule is O=C(N[C@]1(C(F)(F)F)NC(=O)N(CCc2ccccc2)C1=O)c1ccccc1F. The van der Waals surface area contributed by atoms with E-state index in [4.69, 9.17) is 0 Å². The van der Waals surface area contributed by atoms with E-state index in [1.54, 1.807) is 30.3 Å². The van der Waals surface area contributed by atoms with E-state index in [1.165, 1.54) is 22.8 Å². The molecule has 6 nitrogen and oxygen atoms in total. The quantitative estimate of drug-likeness (QED) is 0.589. The summed E-state index contributed by atoms with van der Waals surface area (Å²) in [6.45, 7) is -0.331. The van der Waals surface area contributed by atoms with E-state index in [9.17, 15) is 31.9 Å². The topological polar surface area (TPSA) is 78.5 Å². The molecule has 0 bridgehead atoms. The van der Waals surface area contributed by atoms with E-state index < -0.39 is 41.1 Å². The Morgan fingerprint density at radius 2 is 1.66 bits per heavy atom. The molecule has 4 amide bonds. The number of urea groups is 1. The first-order chi connectivity index (χ1) is 13.7. The predicted molar refractivity (Wildman–Crippen MR) is 93.0 cm³/mol. The molecule has 2 aromatic rings. The zero-order chi connectivity index (χ0) is 21.2. The summed E-state index contributed by atoms with van der Waals surface area (Å²) in [5.74, 6) is -4.24. The van der Waals surface area contributed by atoms with Gasteiger partial charge in [-0.3, -0.25) is 19.8 Å². The van der Waals surface area contributed by atoms with Crippen LogP contribution in [0.4, 0.5) is 22.4 Å². The number of benzene rings is 2. The maximum Gasteiger partial charge on any atom is 0.440 e. The molecule has 29 heavy (non-hydrogen) atoms. The predicted octanol–water partition coefficient (Wildman–Crippen LogP) is 2.61. The monoisotopic (exact) mass is 409 g/mol. The molecule has 0 radical (unpaired) electrons. The molecule has 10 heteroatoms. The van der Waals surface area contributed by atoms with Crippen molar-refractivity contribution in [2.24, 2.45) is 0 Å². The number of rotatable bonds is 5. The van der Waals surface area contributed by atoms with Gasteiger partial charge in [0.1, 0.15) is 5.82 Å². The molecule has 0 aromatic heterocycles. The van der Waals surface area contributed by atoms with Gasteiger partial charge in [-0.2, -0.15) is 13.2 Å². The number of imide groups is 1. The third-order valence-corrected chi connectivity index (χ3v) is 4.42. The highest BCUT2D eigenvalue weighted by Gasteiger charge is 2.68. The largest absolute Gasteiger partial charge is 0.440 e. The molecule has 2 aromatic carbocycles. The summed E-state index contributed by atoms with van der Waals surface area (Å²) in [5.41, 5.74) is -3.67. The van der Waals surface area contributed by atoms with Crippen LogP contribution in [0.5, 0.6) is 0 Å². The van der Waals surface area contributed by atoms with Crippen LogP contribution < -0.4 is 10.6 Å². The van der Waals surface area contributed by atoms with E-state index in [2.05, 4.69) is 0 Å². The Bertz CT molecular complexity index is 949. The van der Waals surface area contributed by atoms with E-state index in [1.807, 2.05) is 0 Å². The van der Waals surface area contributed by atoms with E-state index in [0.717, 1.165) is 12.1 Å². The number of hydrogen-bond donors (Lipinski definition) is 2. The molecule has 1 fully saturated rings. The maximum absolute atomic E-state index is 13.8. The third-order valence-electron chi connectivity index (χ3n) is 4.42. The number of alkyl halides is 3. The van der Waals surface area contributed by atoms with Crippen molar-refractivity contribution in [3.8, 4) is 0 Å². The Kier molecular flexibility index (Phi) is 5.27. The fraction of sp³-hybridized carbons (Fsp3) is 0.211. The van der Waals surface area contributed by atoms with Crippen molar-refractivity contribution in [2.75, 3.05) is 6.54 Å². The third kappa shape index (κ3) is 3.78. The van der Waals surface area contributed by atoms with Crippen molar-refractivity contribution >= 4 is 17.8 Å². The van der Waals surface area contributed by atoms with Crippen LogP contribution >= 0.6 is 0 Å². The van der Waals surface area contributed by atoms with Gasteiger partial charge in [-0.05, 0) is 24.1 Å².